The molecular formula is C28H21F3N6O3. The lowest BCUT2D eigenvalue weighted by Crippen LogP contribution is -2.21. The van der Waals surface area contributed by atoms with Gasteiger partial charge >= 0.3 is 6.18 Å². The first-order chi connectivity index (χ1) is 19.1. The zero-order valence-electron chi connectivity index (χ0n) is 21.0. The summed E-state index contributed by atoms with van der Waals surface area (Å²) in [5.74, 6) is -0.166. The van der Waals surface area contributed by atoms with Crippen molar-refractivity contribution >= 4 is 17.4 Å². The molecule has 0 bridgehead atoms. The number of benzene rings is 2. The number of hydrogen-bond acceptors (Lipinski definition) is 8. The summed E-state index contributed by atoms with van der Waals surface area (Å²) in [7, 11) is 1.43. The van der Waals surface area contributed by atoms with E-state index in [0.717, 1.165) is 30.7 Å². The van der Waals surface area contributed by atoms with E-state index in [1.165, 1.54) is 13.2 Å². The van der Waals surface area contributed by atoms with E-state index < -0.39 is 23.2 Å². The summed E-state index contributed by atoms with van der Waals surface area (Å²) in [6.45, 7) is 0. The predicted octanol–water partition coefficient (Wildman–Crippen LogP) is 5.50. The molecule has 2 aromatic carbocycles. The lowest BCUT2D eigenvalue weighted by Gasteiger charge is -2.20. The van der Waals surface area contributed by atoms with Crippen molar-refractivity contribution in [2.24, 2.45) is 0 Å². The lowest BCUT2D eigenvalue weighted by molar-refractivity contribution is -0.137. The number of anilines is 2. The Bertz CT molecular complexity index is 1650. The summed E-state index contributed by atoms with van der Waals surface area (Å²) in [5.41, 5.74) is 0.491. The minimum Gasteiger partial charge on any atom is -0.504 e. The summed E-state index contributed by atoms with van der Waals surface area (Å²) >= 11 is 0. The van der Waals surface area contributed by atoms with Gasteiger partial charge in [0.1, 0.15) is 11.9 Å². The van der Waals surface area contributed by atoms with Gasteiger partial charge in [0.2, 0.25) is 5.82 Å². The molecule has 0 unspecified atom stereocenters. The van der Waals surface area contributed by atoms with E-state index in [9.17, 15) is 28.3 Å². The molecule has 0 aliphatic heterocycles. The second-order valence-electron chi connectivity index (χ2n) is 9.16. The fourth-order valence-electron chi connectivity index (χ4n) is 4.22. The van der Waals surface area contributed by atoms with Crippen LogP contribution in [0.25, 0.3) is 11.3 Å². The van der Waals surface area contributed by atoms with Crippen molar-refractivity contribution in [3.63, 3.8) is 0 Å². The lowest BCUT2D eigenvalue weighted by atomic mass is 10.0. The Morgan fingerprint density at radius 2 is 1.90 bits per heavy atom. The Balaban J connectivity index is 1.39. The number of phenols is 1. The van der Waals surface area contributed by atoms with Gasteiger partial charge in [0.15, 0.2) is 11.5 Å². The van der Waals surface area contributed by atoms with Crippen LogP contribution in [0.1, 0.15) is 40.2 Å². The molecule has 2 heterocycles. The van der Waals surface area contributed by atoms with Crippen LogP contribution in [-0.2, 0) is 11.7 Å². The predicted molar refractivity (Wildman–Crippen MR) is 139 cm³/mol. The Morgan fingerprint density at radius 1 is 1.10 bits per heavy atom. The van der Waals surface area contributed by atoms with Crippen molar-refractivity contribution < 1.29 is 27.8 Å². The fourth-order valence-corrected chi connectivity index (χ4v) is 4.22. The van der Waals surface area contributed by atoms with Crippen molar-refractivity contribution in [2.75, 3.05) is 17.7 Å². The summed E-state index contributed by atoms with van der Waals surface area (Å²) in [5, 5.41) is 25.4. The van der Waals surface area contributed by atoms with Gasteiger partial charge in [-0.2, -0.15) is 18.4 Å². The molecule has 0 spiro atoms. The maximum absolute atomic E-state index is 13.0. The maximum Gasteiger partial charge on any atom is 0.417 e. The average Bonchev–Trinajstić information content (AvgIpc) is 3.73. The molecule has 0 atom stereocenters. The van der Waals surface area contributed by atoms with Crippen LogP contribution >= 0.6 is 0 Å². The smallest absolute Gasteiger partial charge is 0.417 e. The number of rotatable bonds is 7. The van der Waals surface area contributed by atoms with Crippen LogP contribution in [0, 0.1) is 11.3 Å². The van der Waals surface area contributed by atoms with Crippen LogP contribution in [0.2, 0.25) is 0 Å². The number of alkyl halides is 3. The molecule has 4 aromatic rings. The van der Waals surface area contributed by atoms with Crippen LogP contribution in [-0.4, -0.2) is 33.1 Å². The topological polar surface area (TPSA) is 133 Å². The number of phenolic OH excluding ortho intramolecular Hbond substituents is 1. The van der Waals surface area contributed by atoms with Crippen LogP contribution < -0.4 is 15.4 Å². The molecule has 3 N–H and O–H groups in total. The number of aromatic nitrogens is 3. The Labute approximate surface area is 226 Å². The number of methoxy groups -OCH3 is 1. The normalized spacial score (nSPS) is 13.7. The number of carbonyl (C=O) groups excluding carboxylic acids is 1. The zero-order chi connectivity index (χ0) is 28.5. The van der Waals surface area contributed by atoms with Gasteiger partial charge in [-0.05, 0) is 54.8 Å². The molecule has 2 aromatic heterocycles. The van der Waals surface area contributed by atoms with Crippen molar-refractivity contribution in [1.29, 1.82) is 5.26 Å². The van der Waals surface area contributed by atoms with Crippen molar-refractivity contribution in [1.82, 2.24) is 15.0 Å². The van der Waals surface area contributed by atoms with Gasteiger partial charge in [-0.25, -0.2) is 9.97 Å². The molecule has 1 saturated carbocycles. The largest absolute Gasteiger partial charge is 0.504 e. The number of nitriles is 1. The highest BCUT2D eigenvalue weighted by Gasteiger charge is 2.45. The summed E-state index contributed by atoms with van der Waals surface area (Å²) < 4.78 is 44.3. The van der Waals surface area contributed by atoms with Gasteiger partial charge in [0.25, 0.3) is 5.91 Å². The molecule has 9 nitrogen and oxygen atoms in total. The van der Waals surface area contributed by atoms with E-state index in [2.05, 4.69) is 25.6 Å². The SMILES string of the molecule is COc1cc(-c2cc(NC3(c4cccc(NC(=O)c5cncc(C(F)(F)F)c5)c4)CC3)nc(C#N)n2)ccc1O. The Kier molecular flexibility index (Phi) is 6.73. The Morgan fingerprint density at radius 3 is 2.60 bits per heavy atom. The highest BCUT2D eigenvalue weighted by Crippen LogP contribution is 2.48. The first-order valence-corrected chi connectivity index (χ1v) is 12.0. The minimum atomic E-state index is -4.62. The highest BCUT2D eigenvalue weighted by atomic mass is 19.4. The van der Waals surface area contributed by atoms with E-state index >= 15 is 0 Å². The van der Waals surface area contributed by atoms with E-state index in [1.807, 2.05) is 12.1 Å². The van der Waals surface area contributed by atoms with Gasteiger partial charge in [-0.3, -0.25) is 9.78 Å². The van der Waals surface area contributed by atoms with Crippen LogP contribution in [0.3, 0.4) is 0 Å². The number of pyridine rings is 1. The summed E-state index contributed by atoms with van der Waals surface area (Å²) in [4.78, 5) is 24.8. The molecule has 40 heavy (non-hydrogen) atoms. The van der Waals surface area contributed by atoms with E-state index in [-0.39, 0.29) is 22.9 Å². The molecule has 1 fully saturated rings. The van der Waals surface area contributed by atoms with Crippen LogP contribution in [0.15, 0.2) is 67.0 Å². The summed E-state index contributed by atoms with van der Waals surface area (Å²) in [6.07, 6.45) is -1.42. The average molecular weight is 547 g/mol. The molecule has 1 aliphatic rings. The zero-order valence-corrected chi connectivity index (χ0v) is 21.0. The molecule has 5 rings (SSSR count). The number of halogens is 3. The van der Waals surface area contributed by atoms with Crippen molar-refractivity contribution in [3.05, 3.63) is 89.5 Å². The molecular weight excluding hydrogens is 525 g/mol. The standard InChI is InChI=1S/C28H21F3N6O3/c1-40-23-10-16(5-6-22(23)38)21-12-24(36-25(13-32)35-21)37-27(7-8-27)18-3-2-4-20(11-18)34-26(39)17-9-19(15-33-14-17)28(29,30)31/h2-6,9-12,14-15,38H,7-8H2,1H3,(H,34,39)(H,35,36,37). The van der Waals surface area contributed by atoms with Crippen molar-refractivity contribution in [3.8, 4) is 28.8 Å². The maximum atomic E-state index is 13.0. The van der Waals surface area contributed by atoms with Gasteiger partial charge in [-0.1, -0.05) is 12.1 Å². The minimum absolute atomic E-state index is 0.0348. The molecule has 202 valence electrons. The third kappa shape index (κ3) is 5.49. The highest BCUT2D eigenvalue weighted by molar-refractivity contribution is 6.04. The quantitative estimate of drug-likeness (QED) is 0.277. The number of ether oxygens (including phenoxy) is 1. The summed E-state index contributed by atoms with van der Waals surface area (Å²) in [6, 6.07) is 16.0. The van der Waals surface area contributed by atoms with Gasteiger partial charge < -0.3 is 20.5 Å². The first kappa shape index (κ1) is 26.4. The van der Waals surface area contributed by atoms with Gasteiger partial charge in [0.05, 0.1) is 29.5 Å². The van der Waals surface area contributed by atoms with E-state index in [1.54, 1.807) is 36.4 Å². The van der Waals surface area contributed by atoms with Gasteiger partial charge in [0, 0.05) is 29.7 Å². The first-order valence-electron chi connectivity index (χ1n) is 12.0. The van der Waals surface area contributed by atoms with Gasteiger partial charge in [-0.15, -0.1) is 0 Å². The third-order valence-corrected chi connectivity index (χ3v) is 6.42. The number of carbonyl (C=O) groups is 1. The number of nitrogens with one attached hydrogen (secondary N) is 2. The van der Waals surface area contributed by atoms with E-state index in [4.69, 9.17) is 4.74 Å². The Hall–Kier alpha value is -5.18. The second-order valence-corrected chi connectivity index (χ2v) is 9.16. The molecule has 1 aliphatic carbocycles. The van der Waals surface area contributed by atoms with Crippen molar-refractivity contribution in [2.45, 2.75) is 24.6 Å². The van der Waals surface area contributed by atoms with Crippen LogP contribution in [0.4, 0.5) is 24.7 Å². The molecule has 12 heteroatoms. The monoisotopic (exact) mass is 546 g/mol. The fraction of sp³-hybridized carbons (Fsp3) is 0.179. The van der Waals surface area contributed by atoms with Crippen LogP contribution in [0.5, 0.6) is 11.5 Å². The molecule has 1 amide bonds. The number of hydrogen-bond donors (Lipinski definition) is 3. The van der Waals surface area contributed by atoms with E-state index in [0.29, 0.717) is 29.0 Å². The molecule has 0 radical (unpaired) electrons. The third-order valence-electron chi connectivity index (χ3n) is 6.42. The number of nitrogens with zero attached hydrogens (tertiary/aromatic N) is 4. The molecule has 0 saturated heterocycles. The second kappa shape index (κ2) is 10.2. The number of aromatic hydroxyl groups is 1. The number of amides is 1.